The van der Waals surface area contributed by atoms with Crippen LogP contribution in [0.2, 0.25) is 0 Å². The van der Waals surface area contributed by atoms with Crippen LogP contribution >= 0.6 is 0 Å². The third kappa shape index (κ3) is 4.84. The van der Waals surface area contributed by atoms with Gasteiger partial charge in [0.05, 0.1) is 0 Å². The molecule has 0 saturated heterocycles. The number of phenolic OH excluding ortho intramolecular Hbond substituents is 1. The van der Waals surface area contributed by atoms with Gasteiger partial charge in [0, 0.05) is 13.2 Å². The number of aromatic hydroxyl groups is 1. The summed E-state index contributed by atoms with van der Waals surface area (Å²) < 4.78 is 0. The molecule has 3 nitrogen and oxygen atoms in total. The van der Waals surface area contributed by atoms with Crippen LogP contribution in [-0.4, -0.2) is 28.5 Å². The van der Waals surface area contributed by atoms with Gasteiger partial charge in [-0.05, 0) is 42.2 Å². The van der Waals surface area contributed by atoms with Crippen molar-refractivity contribution >= 4 is 0 Å². The highest BCUT2D eigenvalue weighted by atomic mass is 16.3. The zero-order chi connectivity index (χ0) is 14.3. The standard InChI is InChI=1S/C16H26O3/c1-3-13(11-18)9-14(8-12(2)10-17)15-6-4-5-7-16(15)19/h4-7,12-14,17-19H,3,8-11H2,1-2H3. The number of benzene rings is 1. The van der Waals surface area contributed by atoms with Crippen molar-refractivity contribution in [2.45, 2.75) is 39.0 Å². The van der Waals surface area contributed by atoms with Crippen LogP contribution in [0.4, 0.5) is 0 Å². The fourth-order valence-corrected chi connectivity index (χ4v) is 2.52. The smallest absolute Gasteiger partial charge is 0.119 e. The number of aliphatic hydroxyl groups is 2. The van der Waals surface area contributed by atoms with Gasteiger partial charge in [-0.3, -0.25) is 0 Å². The van der Waals surface area contributed by atoms with Gasteiger partial charge in [0.25, 0.3) is 0 Å². The highest BCUT2D eigenvalue weighted by Gasteiger charge is 2.21. The second kappa shape index (κ2) is 8.18. The average Bonchev–Trinajstić information content (AvgIpc) is 2.43. The van der Waals surface area contributed by atoms with Crippen molar-refractivity contribution < 1.29 is 15.3 Å². The molecule has 3 unspecified atom stereocenters. The van der Waals surface area contributed by atoms with Crippen LogP contribution in [0.15, 0.2) is 24.3 Å². The first-order valence-corrected chi connectivity index (χ1v) is 7.11. The zero-order valence-corrected chi connectivity index (χ0v) is 11.9. The molecule has 19 heavy (non-hydrogen) atoms. The monoisotopic (exact) mass is 266 g/mol. The van der Waals surface area contributed by atoms with Crippen LogP contribution in [0.5, 0.6) is 5.75 Å². The van der Waals surface area contributed by atoms with Gasteiger partial charge in [-0.15, -0.1) is 0 Å². The quantitative estimate of drug-likeness (QED) is 0.678. The number of aliphatic hydroxyl groups excluding tert-OH is 2. The van der Waals surface area contributed by atoms with Gasteiger partial charge >= 0.3 is 0 Å². The lowest BCUT2D eigenvalue weighted by molar-refractivity contribution is 0.188. The van der Waals surface area contributed by atoms with Crippen LogP contribution in [-0.2, 0) is 0 Å². The van der Waals surface area contributed by atoms with Crippen LogP contribution in [0.25, 0.3) is 0 Å². The summed E-state index contributed by atoms with van der Waals surface area (Å²) in [6, 6.07) is 7.38. The molecule has 0 amide bonds. The Morgan fingerprint density at radius 2 is 1.74 bits per heavy atom. The van der Waals surface area contributed by atoms with Gasteiger partial charge in [0.1, 0.15) is 5.75 Å². The van der Waals surface area contributed by atoms with Gasteiger partial charge in [0.15, 0.2) is 0 Å². The third-order valence-corrected chi connectivity index (χ3v) is 3.83. The predicted octanol–water partition coefficient (Wildman–Crippen LogP) is 2.90. The maximum absolute atomic E-state index is 10.00. The van der Waals surface area contributed by atoms with Crippen molar-refractivity contribution in [3.05, 3.63) is 29.8 Å². The fourth-order valence-electron chi connectivity index (χ4n) is 2.52. The summed E-state index contributed by atoms with van der Waals surface area (Å²) in [5, 5.41) is 28.6. The summed E-state index contributed by atoms with van der Waals surface area (Å²) in [7, 11) is 0. The molecule has 0 saturated carbocycles. The molecule has 1 aromatic carbocycles. The lowest BCUT2D eigenvalue weighted by Crippen LogP contribution is -2.15. The first kappa shape index (κ1) is 16.0. The largest absolute Gasteiger partial charge is 0.508 e. The maximum Gasteiger partial charge on any atom is 0.119 e. The minimum Gasteiger partial charge on any atom is -0.508 e. The van der Waals surface area contributed by atoms with Gasteiger partial charge in [0.2, 0.25) is 0 Å². The van der Waals surface area contributed by atoms with E-state index in [0.29, 0.717) is 5.75 Å². The molecule has 0 aliphatic carbocycles. The minimum absolute atomic E-state index is 0.153. The Balaban J connectivity index is 2.88. The Morgan fingerprint density at radius 1 is 1.05 bits per heavy atom. The molecule has 0 aliphatic heterocycles. The summed E-state index contributed by atoms with van der Waals surface area (Å²) in [6.07, 6.45) is 2.59. The number of hydrogen-bond acceptors (Lipinski definition) is 3. The van der Waals surface area contributed by atoms with E-state index in [2.05, 4.69) is 6.92 Å². The molecular formula is C16H26O3. The van der Waals surface area contributed by atoms with Crippen LogP contribution in [0, 0.1) is 11.8 Å². The second-order valence-corrected chi connectivity index (χ2v) is 5.47. The summed E-state index contributed by atoms with van der Waals surface area (Å²) >= 11 is 0. The molecule has 3 heteroatoms. The molecule has 3 atom stereocenters. The normalized spacial score (nSPS) is 16.0. The van der Waals surface area contributed by atoms with Crippen molar-refractivity contribution in [2.24, 2.45) is 11.8 Å². The second-order valence-electron chi connectivity index (χ2n) is 5.47. The van der Waals surface area contributed by atoms with Gasteiger partial charge in [-0.1, -0.05) is 38.5 Å². The molecule has 0 bridgehead atoms. The molecule has 108 valence electrons. The van der Waals surface area contributed by atoms with Crippen LogP contribution in [0.1, 0.15) is 44.6 Å². The van der Waals surface area contributed by atoms with E-state index in [0.717, 1.165) is 24.8 Å². The lowest BCUT2D eigenvalue weighted by atomic mass is 9.82. The summed E-state index contributed by atoms with van der Waals surface area (Å²) in [5.41, 5.74) is 0.926. The molecule has 3 N–H and O–H groups in total. The fraction of sp³-hybridized carbons (Fsp3) is 0.625. The van der Waals surface area contributed by atoms with Crippen molar-refractivity contribution in [2.75, 3.05) is 13.2 Å². The van der Waals surface area contributed by atoms with E-state index in [9.17, 15) is 15.3 Å². The van der Waals surface area contributed by atoms with E-state index in [1.807, 2.05) is 25.1 Å². The van der Waals surface area contributed by atoms with Crippen molar-refractivity contribution in [1.82, 2.24) is 0 Å². The van der Waals surface area contributed by atoms with Gasteiger partial charge in [-0.2, -0.15) is 0 Å². The molecule has 1 aromatic rings. The van der Waals surface area contributed by atoms with E-state index in [1.54, 1.807) is 6.07 Å². The Morgan fingerprint density at radius 3 is 2.26 bits per heavy atom. The SMILES string of the molecule is CCC(CO)CC(CC(C)CO)c1ccccc1O. The van der Waals surface area contributed by atoms with E-state index in [1.165, 1.54) is 0 Å². The van der Waals surface area contributed by atoms with Gasteiger partial charge < -0.3 is 15.3 Å². The molecule has 0 fully saturated rings. The molecule has 1 rings (SSSR count). The first-order valence-electron chi connectivity index (χ1n) is 7.11. The first-order chi connectivity index (χ1) is 9.12. The van der Waals surface area contributed by atoms with Crippen LogP contribution < -0.4 is 0 Å². The topological polar surface area (TPSA) is 60.7 Å². The van der Waals surface area contributed by atoms with Crippen molar-refractivity contribution in [3.8, 4) is 5.75 Å². The van der Waals surface area contributed by atoms with Crippen LogP contribution in [0.3, 0.4) is 0 Å². The minimum atomic E-state index is 0.153. The molecule has 0 radical (unpaired) electrons. The highest BCUT2D eigenvalue weighted by molar-refractivity contribution is 5.35. The Kier molecular flexibility index (Phi) is 6.89. The van der Waals surface area contributed by atoms with Crippen molar-refractivity contribution in [3.63, 3.8) is 0 Å². The molecular weight excluding hydrogens is 240 g/mol. The predicted molar refractivity (Wildman–Crippen MR) is 77.2 cm³/mol. The van der Waals surface area contributed by atoms with Crippen molar-refractivity contribution in [1.29, 1.82) is 0 Å². The molecule has 0 spiro atoms. The summed E-state index contributed by atoms with van der Waals surface area (Å²) in [6.45, 7) is 4.40. The number of hydrogen-bond donors (Lipinski definition) is 3. The molecule has 0 aliphatic rings. The van der Waals surface area contributed by atoms with E-state index < -0.39 is 0 Å². The molecule has 0 heterocycles. The summed E-state index contributed by atoms with van der Waals surface area (Å²) in [4.78, 5) is 0. The maximum atomic E-state index is 10.00. The Bertz CT molecular complexity index is 361. The average molecular weight is 266 g/mol. The number of rotatable bonds is 8. The lowest BCUT2D eigenvalue weighted by Gasteiger charge is -2.24. The zero-order valence-electron chi connectivity index (χ0n) is 11.9. The Hall–Kier alpha value is -1.06. The van der Waals surface area contributed by atoms with Gasteiger partial charge in [-0.25, -0.2) is 0 Å². The van der Waals surface area contributed by atoms with E-state index in [-0.39, 0.29) is 31.0 Å². The van der Waals surface area contributed by atoms with E-state index in [4.69, 9.17) is 0 Å². The highest BCUT2D eigenvalue weighted by Crippen LogP contribution is 2.35. The summed E-state index contributed by atoms with van der Waals surface area (Å²) in [5.74, 6) is 0.933. The third-order valence-electron chi connectivity index (χ3n) is 3.83. The number of para-hydroxylation sites is 1. The Labute approximate surface area is 115 Å². The van der Waals surface area contributed by atoms with E-state index >= 15 is 0 Å². The number of phenols is 1. The molecule has 0 aromatic heterocycles.